The quantitative estimate of drug-likeness (QED) is 0.343. The van der Waals surface area contributed by atoms with Crippen LogP contribution in [0.2, 0.25) is 0 Å². The standard InChI is InChI=1S/C13H26N3O.HI/c1-3-5-6-7-8-9-15-11-14-16(12-15)10-13(17)4-2;/h11-13,17H,3-10H2,1-2H3;1H/q+1;/p-1/t13-;/m0./s1. The van der Waals surface area contributed by atoms with E-state index in [0.29, 0.717) is 6.54 Å². The fourth-order valence-corrected chi connectivity index (χ4v) is 1.82. The highest BCUT2D eigenvalue weighted by Gasteiger charge is 2.09. The number of aliphatic hydroxyl groups is 1. The second-order valence-electron chi connectivity index (χ2n) is 4.68. The molecule has 0 radical (unpaired) electrons. The monoisotopic (exact) mass is 367 g/mol. The second kappa shape index (κ2) is 10.7. The third-order valence-corrected chi connectivity index (χ3v) is 3.02. The molecular formula is C13H26IN3O. The topological polar surface area (TPSA) is 41.9 Å². The zero-order valence-corrected chi connectivity index (χ0v) is 13.7. The lowest BCUT2D eigenvalue weighted by atomic mass is 10.1. The van der Waals surface area contributed by atoms with Crippen molar-refractivity contribution in [1.29, 1.82) is 0 Å². The molecule has 0 aliphatic carbocycles. The van der Waals surface area contributed by atoms with E-state index in [-0.39, 0.29) is 30.1 Å². The highest BCUT2D eigenvalue weighted by atomic mass is 127. The van der Waals surface area contributed by atoms with Crippen LogP contribution in [0, 0.1) is 0 Å². The summed E-state index contributed by atoms with van der Waals surface area (Å²) in [5.74, 6) is 0. The summed E-state index contributed by atoms with van der Waals surface area (Å²) < 4.78 is 3.93. The maximum Gasteiger partial charge on any atom is 0.265 e. The average molecular weight is 367 g/mol. The Morgan fingerprint density at radius 2 is 1.94 bits per heavy atom. The molecule has 1 aromatic heterocycles. The molecular weight excluding hydrogens is 341 g/mol. The maximum absolute atomic E-state index is 9.52. The molecule has 0 unspecified atom stereocenters. The fraction of sp³-hybridized carbons (Fsp3) is 0.846. The molecule has 106 valence electrons. The zero-order valence-electron chi connectivity index (χ0n) is 11.6. The molecule has 0 saturated heterocycles. The summed E-state index contributed by atoms with van der Waals surface area (Å²) in [4.78, 5) is 0. The molecule has 1 atom stereocenters. The van der Waals surface area contributed by atoms with Gasteiger partial charge in [0.05, 0.1) is 12.6 Å². The Bertz CT molecular complexity index is 304. The Balaban J connectivity index is 0.00000289. The summed E-state index contributed by atoms with van der Waals surface area (Å²) in [5, 5.41) is 13.8. The van der Waals surface area contributed by atoms with E-state index in [1.807, 2.05) is 24.3 Å². The number of aliphatic hydroxyl groups excluding tert-OH is 1. The Kier molecular flexibility index (Phi) is 10.6. The average Bonchev–Trinajstić information content (AvgIpc) is 2.76. The van der Waals surface area contributed by atoms with Crippen LogP contribution in [0.1, 0.15) is 52.4 Å². The lowest BCUT2D eigenvalue weighted by Gasteiger charge is -2.01. The predicted molar refractivity (Wildman–Crippen MR) is 67.5 cm³/mol. The molecule has 0 bridgehead atoms. The van der Waals surface area contributed by atoms with Crippen LogP contribution in [0.15, 0.2) is 12.7 Å². The van der Waals surface area contributed by atoms with Crippen LogP contribution in [-0.2, 0) is 13.1 Å². The van der Waals surface area contributed by atoms with E-state index in [0.717, 1.165) is 13.0 Å². The molecule has 0 aliphatic heterocycles. The number of nitrogens with zero attached hydrogens (tertiary/aromatic N) is 3. The first-order chi connectivity index (χ1) is 8.26. The first-order valence-electron chi connectivity index (χ1n) is 6.85. The van der Waals surface area contributed by atoms with Crippen LogP contribution in [0.3, 0.4) is 0 Å². The summed E-state index contributed by atoms with van der Waals surface area (Å²) in [6.45, 7) is 5.85. The first-order valence-corrected chi connectivity index (χ1v) is 6.85. The molecule has 0 amide bonds. The van der Waals surface area contributed by atoms with Gasteiger partial charge >= 0.3 is 0 Å². The lowest BCUT2D eigenvalue weighted by molar-refractivity contribution is -0.698. The smallest absolute Gasteiger partial charge is 0.265 e. The molecule has 4 nitrogen and oxygen atoms in total. The van der Waals surface area contributed by atoms with Gasteiger partial charge in [-0.25, -0.2) is 4.57 Å². The van der Waals surface area contributed by atoms with E-state index in [2.05, 4.69) is 16.6 Å². The molecule has 5 heteroatoms. The van der Waals surface area contributed by atoms with Gasteiger partial charge in [-0.3, -0.25) is 0 Å². The highest BCUT2D eigenvalue weighted by Crippen LogP contribution is 2.01. The summed E-state index contributed by atoms with van der Waals surface area (Å²) in [6, 6.07) is 0. The van der Waals surface area contributed by atoms with Gasteiger partial charge < -0.3 is 29.1 Å². The molecule has 0 fully saturated rings. The predicted octanol–water partition coefficient (Wildman–Crippen LogP) is -1.08. The number of aryl methyl sites for hydroxylation is 1. The minimum atomic E-state index is -0.284. The minimum Gasteiger partial charge on any atom is -1.00 e. The molecule has 0 spiro atoms. The Labute approximate surface area is 127 Å². The van der Waals surface area contributed by atoms with E-state index in [1.54, 1.807) is 0 Å². The molecule has 18 heavy (non-hydrogen) atoms. The van der Waals surface area contributed by atoms with Crippen LogP contribution in [0.4, 0.5) is 0 Å². The van der Waals surface area contributed by atoms with Crippen molar-refractivity contribution < 1.29 is 33.7 Å². The maximum atomic E-state index is 9.52. The Morgan fingerprint density at radius 1 is 1.22 bits per heavy atom. The molecule has 0 saturated carbocycles. The normalized spacial score (nSPS) is 12.2. The highest BCUT2D eigenvalue weighted by molar-refractivity contribution is 4.54. The number of hydrogen-bond donors (Lipinski definition) is 1. The SMILES string of the molecule is CCCCCCC[n+]1cnn(C[C@@H](O)CC)c1.[I-]. The molecule has 1 N–H and O–H groups in total. The van der Waals surface area contributed by atoms with Crippen molar-refractivity contribution in [1.82, 2.24) is 9.78 Å². The van der Waals surface area contributed by atoms with Crippen molar-refractivity contribution >= 4 is 0 Å². The summed E-state index contributed by atoms with van der Waals surface area (Å²) in [5.41, 5.74) is 0. The van der Waals surface area contributed by atoms with Crippen molar-refractivity contribution in [2.24, 2.45) is 0 Å². The van der Waals surface area contributed by atoms with E-state index in [4.69, 9.17) is 0 Å². The number of hydrogen-bond acceptors (Lipinski definition) is 2. The summed E-state index contributed by atoms with van der Waals surface area (Å²) in [6.07, 6.45) is 10.8. The third kappa shape index (κ3) is 7.31. The molecule has 0 aromatic carbocycles. The van der Waals surface area contributed by atoms with E-state index < -0.39 is 0 Å². The molecule has 1 heterocycles. The Morgan fingerprint density at radius 3 is 2.61 bits per heavy atom. The van der Waals surface area contributed by atoms with Gasteiger partial charge in [0.25, 0.3) is 6.33 Å². The van der Waals surface area contributed by atoms with Gasteiger partial charge in [-0.2, -0.15) is 0 Å². The Hall–Kier alpha value is -0.170. The minimum absolute atomic E-state index is 0. The van der Waals surface area contributed by atoms with Gasteiger partial charge in [0.1, 0.15) is 6.54 Å². The van der Waals surface area contributed by atoms with Crippen LogP contribution >= 0.6 is 0 Å². The van der Waals surface area contributed by atoms with Gasteiger partial charge in [-0.05, 0) is 12.8 Å². The number of rotatable bonds is 9. The van der Waals surface area contributed by atoms with Gasteiger partial charge in [-0.1, -0.05) is 39.5 Å². The van der Waals surface area contributed by atoms with Crippen LogP contribution in [0.5, 0.6) is 0 Å². The first kappa shape index (κ1) is 17.8. The summed E-state index contributed by atoms with van der Waals surface area (Å²) >= 11 is 0. The van der Waals surface area contributed by atoms with Gasteiger partial charge in [0.15, 0.2) is 0 Å². The largest absolute Gasteiger partial charge is 1.00 e. The van der Waals surface area contributed by atoms with Crippen molar-refractivity contribution in [2.75, 3.05) is 0 Å². The van der Waals surface area contributed by atoms with Crippen molar-refractivity contribution in [3.63, 3.8) is 0 Å². The number of aromatic nitrogens is 3. The van der Waals surface area contributed by atoms with Crippen molar-refractivity contribution in [2.45, 2.75) is 71.6 Å². The van der Waals surface area contributed by atoms with Crippen molar-refractivity contribution in [3.05, 3.63) is 12.7 Å². The van der Waals surface area contributed by atoms with Gasteiger partial charge in [0.2, 0.25) is 6.33 Å². The number of unbranched alkanes of at least 4 members (excludes halogenated alkanes) is 4. The molecule has 0 aliphatic rings. The molecule has 1 aromatic rings. The van der Waals surface area contributed by atoms with E-state index in [1.165, 1.54) is 32.1 Å². The van der Waals surface area contributed by atoms with E-state index >= 15 is 0 Å². The van der Waals surface area contributed by atoms with Crippen LogP contribution in [0.25, 0.3) is 0 Å². The number of halogens is 1. The van der Waals surface area contributed by atoms with Crippen molar-refractivity contribution in [3.8, 4) is 0 Å². The van der Waals surface area contributed by atoms with Crippen LogP contribution in [-0.4, -0.2) is 21.0 Å². The van der Waals surface area contributed by atoms with E-state index in [9.17, 15) is 5.11 Å². The van der Waals surface area contributed by atoms with Crippen LogP contribution < -0.4 is 28.5 Å². The third-order valence-electron chi connectivity index (χ3n) is 3.02. The zero-order chi connectivity index (χ0) is 12.5. The second-order valence-corrected chi connectivity index (χ2v) is 4.68. The fourth-order valence-electron chi connectivity index (χ4n) is 1.82. The van der Waals surface area contributed by atoms with Gasteiger partial charge in [0, 0.05) is 5.10 Å². The van der Waals surface area contributed by atoms with Gasteiger partial charge in [-0.15, -0.1) is 4.68 Å². The molecule has 1 rings (SSSR count). The summed E-state index contributed by atoms with van der Waals surface area (Å²) in [7, 11) is 0. The lowest BCUT2D eigenvalue weighted by Crippen LogP contribution is -3.00.